The summed E-state index contributed by atoms with van der Waals surface area (Å²) in [6, 6.07) is 5.32. The third kappa shape index (κ3) is 2.10. The van der Waals surface area contributed by atoms with Crippen molar-refractivity contribution in [2.24, 2.45) is 5.92 Å². The van der Waals surface area contributed by atoms with Crippen LogP contribution in [0.3, 0.4) is 0 Å². The first-order valence-electron chi connectivity index (χ1n) is 6.43. The van der Waals surface area contributed by atoms with Gasteiger partial charge in [-0.05, 0) is 30.9 Å². The number of imidazole rings is 1. The molecular formula is C14H16N2O2. The SMILES string of the molecule is O=C(O)c1cccc2c1ncn2CCCC1CC1. The number of hydrogen-bond donors (Lipinski definition) is 1. The van der Waals surface area contributed by atoms with E-state index >= 15 is 0 Å². The maximum atomic E-state index is 11.1. The second-order valence-electron chi connectivity index (χ2n) is 5.00. The zero-order valence-electron chi connectivity index (χ0n) is 10.2. The molecule has 0 atom stereocenters. The Morgan fingerprint density at radius 2 is 2.28 bits per heavy atom. The van der Waals surface area contributed by atoms with E-state index in [9.17, 15) is 4.79 Å². The molecule has 1 aromatic heterocycles. The van der Waals surface area contributed by atoms with Crippen LogP contribution in [0.5, 0.6) is 0 Å². The molecule has 4 nitrogen and oxygen atoms in total. The number of para-hydroxylation sites is 1. The van der Waals surface area contributed by atoms with Gasteiger partial charge in [0.15, 0.2) is 0 Å². The molecule has 0 amide bonds. The number of aryl methyl sites for hydroxylation is 1. The highest BCUT2D eigenvalue weighted by Gasteiger charge is 2.20. The molecular weight excluding hydrogens is 228 g/mol. The summed E-state index contributed by atoms with van der Waals surface area (Å²) in [5.74, 6) is 0.0261. The molecule has 1 fully saturated rings. The maximum Gasteiger partial charge on any atom is 0.337 e. The molecule has 4 heteroatoms. The number of carbonyl (C=O) groups is 1. The van der Waals surface area contributed by atoms with Gasteiger partial charge in [0.25, 0.3) is 0 Å². The smallest absolute Gasteiger partial charge is 0.337 e. The van der Waals surface area contributed by atoms with Crippen LogP contribution in [0.2, 0.25) is 0 Å². The number of aromatic nitrogens is 2. The van der Waals surface area contributed by atoms with Crippen LogP contribution in [0.15, 0.2) is 24.5 Å². The Morgan fingerprint density at radius 1 is 1.44 bits per heavy atom. The molecule has 1 aliphatic carbocycles. The van der Waals surface area contributed by atoms with Crippen LogP contribution in [0.25, 0.3) is 11.0 Å². The van der Waals surface area contributed by atoms with Gasteiger partial charge in [-0.1, -0.05) is 18.9 Å². The van der Waals surface area contributed by atoms with Crippen molar-refractivity contribution in [3.63, 3.8) is 0 Å². The molecule has 0 aliphatic heterocycles. The summed E-state index contributed by atoms with van der Waals surface area (Å²) in [6.07, 6.45) is 6.94. The summed E-state index contributed by atoms with van der Waals surface area (Å²) in [4.78, 5) is 15.3. The molecule has 18 heavy (non-hydrogen) atoms. The molecule has 3 rings (SSSR count). The van der Waals surface area contributed by atoms with Gasteiger partial charge in [0.1, 0.15) is 5.52 Å². The fraction of sp³-hybridized carbons (Fsp3) is 0.429. The minimum atomic E-state index is -0.913. The highest BCUT2D eigenvalue weighted by Crippen LogP contribution is 2.33. The number of rotatable bonds is 5. The summed E-state index contributed by atoms with van der Waals surface area (Å²) in [5.41, 5.74) is 1.80. The van der Waals surface area contributed by atoms with Crippen LogP contribution in [0.4, 0.5) is 0 Å². The van der Waals surface area contributed by atoms with Gasteiger partial charge in [-0.25, -0.2) is 9.78 Å². The van der Waals surface area contributed by atoms with Crippen molar-refractivity contribution in [3.05, 3.63) is 30.1 Å². The van der Waals surface area contributed by atoms with Gasteiger partial charge in [0.05, 0.1) is 17.4 Å². The highest BCUT2D eigenvalue weighted by atomic mass is 16.4. The number of carboxylic acid groups (broad SMARTS) is 1. The van der Waals surface area contributed by atoms with E-state index < -0.39 is 5.97 Å². The second-order valence-corrected chi connectivity index (χ2v) is 5.00. The number of nitrogens with zero attached hydrogens (tertiary/aromatic N) is 2. The van der Waals surface area contributed by atoms with Crippen molar-refractivity contribution in [1.82, 2.24) is 9.55 Å². The topological polar surface area (TPSA) is 55.1 Å². The number of hydrogen-bond acceptors (Lipinski definition) is 2. The van der Waals surface area contributed by atoms with Gasteiger partial charge >= 0.3 is 5.97 Å². The largest absolute Gasteiger partial charge is 0.478 e. The third-order valence-electron chi connectivity index (χ3n) is 3.59. The maximum absolute atomic E-state index is 11.1. The normalized spacial score (nSPS) is 15.1. The fourth-order valence-electron chi connectivity index (χ4n) is 2.40. The lowest BCUT2D eigenvalue weighted by molar-refractivity contribution is 0.0699. The van der Waals surface area contributed by atoms with Gasteiger partial charge in [-0.15, -0.1) is 0 Å². The molecule has 1 N–H and O–H groups in total. The Morgan fingerprint density at radius 3 is 3.00 bits per heavy atom. The summed E-state index contributed by atoms with van der Waals surface area (Å²) >= 11 is 0. The van der Waals surface area contributed by atoms with E-state index in [0.29, 0.717) is 5.52 Å². The van der Waals surface area contributed by atoms with Crippen molar-refractivity contribution < 1.29 is 9.90 Å². The molecule has 1 aromatic carbocycles. The third-order valence-corrected chi connectivity index (χ3v) is 3.59. The van der Waals surface area contributed by atoms with Gasteiger partial charge in [-0.2, -0.15) is 0 Å². The second kappa shape index (κ2) is 4.44. The van der Waals surface area contributed by atoms with Crippen molar-refractivity contribution in [1.29, 1.82) is 0 Å². The average Bonchev–Trinajstić information content (AvgIpc) is 3.09. The first kappa shape index (κ1) is 11.3. The molecule has 1 heterocycles. The van der Waals surface area contributed by atoms with E-state index in [1.165, 1.54) is 19.3 Å². The summed E-state index contributed by atoms with van der Waals surface area (Å²) < 4.78 is 2.06. The lowest BCUT2D eigenvalue weighted by Crippen LogP contribution is -1.99. The molecule has 0 bridgehead atoms. The van der Waals surface area contributed by atoms with Crippen LogP contribution >= 0.6 is 0 Å². The lowest BCUT2D eigenvalue weighted by atomic mass is 10.2. The molecule has 0 unspecified atom stereocenters. The molecule has 0 spiro atoms. The Balaban J connectivity index is 1.83. The minimum absolute atomic E-state index is 0.286. The van der Waals surface area contributed by atoms with Gasteiger partial charge < -0.3 is 9.67 Å². The number of carboxylic acids is 1. The highest BCUT2D eigenvalue weighted by molar-refractivity contribution is 6.00. The summed E-state index contributed by atoms with van der Waals surface area (Å²) in [6.45, 7) is 0.927. The van der Waals surface area contributed by atoms with E-state index in [0.717, 1.165) is 24.4 Å². The Bertz CT molecular complexity index is 584. The zero-order valence-corrected chi connectivity index (χ0v) is 10.2. The molecule has 2 aromatic rings. The molecule has 1 aliphatic rings. The van der Waals surface area contributed by atoms with Gasteiger partial charge in [-0.3, -0.25) is 0 Å². The minimum Gasteiger partial charge on any atom is -0.478 e. The molecule has 94 valence electrons. The van der Waals surface area contributed by atoms with Crippen molar-refractivity contribution in [2.75, 3.05) is 0 Å². The number of aromatic carboxylic acids is 1. The van der Waals surface area contributed by atoms with Gasteiger partial charge in [0.2, 0.25) is 0 Å². The number of fused-ring (bicyclic) bond motifs is 1. The number of benzene rings is 1. The first-order valence-corrected chi connectivity index (χ1v) is 6.43. The van der Waals surface area contributed by atoms with E-state index in [1.807, 2.05) is 6.07 Å². The van der Waals surface area contributed by atoms with Crippen LogP contribution < -0.4 is 0 Å². The first-order chi connectivity index (χ1) is 8.75. The monoisotopic (exact) mass is 244 g/mol. The fourth-order valence-corrected chi connectivity index (χ4v) is 2.40. The van der Waals surface area contributed by atoms with E-state index in [1.54, 1.807) is 18.5 Å². The van der Waals surface area contributed by atoms with Gasteiger partial charge in [0, 0.05) is 6.54 Å². The Kier molecular flexibility index (Phi) is 2.78. The van der Waals surface area contributed by atoms with Crippen molar-refractivity contribution >= 4 is 17.0 Å². The Labute approximate surface area is 105 Å². The van der Waals surface area contributed by atoms with E-state index in [-0.39, 0.29) is 5.56 Å². The van der Waals surface area contributed by atoms with Crippen LogP contribution in [0.1, 0.15) is 36.0 Å². The molecule has 0 saturated heterocycles. The standard InChI is InChI=1S/C14H16N2O2/c17-14(18)11-4-1-5-12-13(11)15-9-16(12)8-2-3-10-6-7-10/h1,4-5,9-10H,2-3,6-8H2,(H,17,18). The molecule has 1 saturated carbocycles. The van der Waals surface area contributed by atoms with Crippen molar-refractivity contribution in [2.45, 2.75) is 32.2 Å². The van der Waals surface area contributed by atoms with Crippen LogP contribution in [0, 0.1) is 5.92 Å². The summed E-state index contributed by atoms with van der Waals surface area (Å²) in [7, 11) is 0. The van der Waals surface area contributed by atoms with Crippen LogP contribution in [-0.4, -0.2) is 20.6 Å². The van der Waals surface area contributed by atoms with Crippen molar-refractivity contribution in [3.8, 4) is 0 Å². The Hall–Kier alpha value is -1.84. The van der Waals surface area contributed by atoms with E-state index in [2.05, 4.69) is 9.55 Å². The van der Waals surface area contributed by atoms with E-state index in [4.69, 9.17) is 5.11 Å². The van der Waals surface area contributed by atoms with Crippen LogP contribution in [-0.2, 0) is 6.54 Å². The zero-order chi connectivity index (χ0) is 12.5. The summed E-state index contributed by atoms with van der Waals surface area (Å²) in [5, 5.41) is 9.10. The lowest BCUT2D eigenvalue weighted by Gasteiger charge is -2.04. The predicted octanol–water partition coefficient (Wildman–Crippen LogP) is 2.92. The predicted molar refractivity (Wildman–Crippen MR) is 68.7 cm³/mol. The molecule has 0 radical (unpaired) electrons. The average molecular weight is 244 g/mol. The quantitative estimate of drug-likeness (QED) is 0.879.